The molecule has 1 unspecified atom stereocenters. The number of aliphatic hydroxyl groups excluding tert-OH is 1. The SMILES string of the molecule is COc1ccc(C2CCC3(CC2)NC(C)(CO)CO3)cc1OC. The van der Waals surface area contributed by atoms with Crippen LogP contribution in [-0.2, 0) is 4.74 Å². The quantitative estimate of drug-likeness (QED) is 0.892. The van der Waals surface area contributed by atoms with Gasteiger partial charge < -0.3 is 19.3 Å². The molecule has 0 aromatic heterocycles. The Morgan fingerprint density at radius 1 is 1.22 bits per heavy atom. The van der Waals surface area contributed by atoms with Gasteiger partial charge in [-0.25, -0.2) is 0 Å². The summed E-state index contributed by atoms with van der Waals surface area (Å²) in [5, 5.41) is 13.0. The van der Waals surface area contributed by atoms with Gasteiger partial charge in [0.15, 0.2) is 11.5 Å². The molecule has 1 aliphatic heterocycles. The summed E-state index contributed by atoms with van der Waals surface area (Å²) in [6.45, 7) is 2.69. The molecule has 1 spiro atoms. The molecule has 2 aliphatic rings. The lowest BCUT2D eigenvalue weighted by molar-refractivity contribution is -0.0421. The molecule has 1 aromatic rings. The second kappa shape index (κ2) is 6.30. The Balaban J connectivity index is 1.68. The van der Waals surface area contributed by atoms with Crippen LogP contribution in [-0.4, -0.2) is 43.8 Å². The van der Waals surface area contributed by atoms with Crippen molar-refractivity contribution < 1.29 is 19.3 Å². The van der Waals surface area contributed by atoms with E-state index in [4.69, 9.17) is 14.2 Å². The minimum absolute atomic E-state index is 0.105. The van der Waals surface area contributed by atoms with E-state index in [0.29, 0.717) is 12.5 Å². The van der Waals surface area contributed by atoms with Gasteiger partial charge in [-0.05, 0) is 56.2 Å². The third kappa shape index (κ3) is 3.18. The van der Waals surface area contributed by atoms with Gasteiger partial charge in [-0.2, -0.15) is 0 Å². The molecule has 0 radical (unpaired) electrons. The van der Waals surface area contributed by atoms with Gasteiger partial charge in [0.1, 0.15) is 5.72 Å². The molecule has 0 amide bonds. The van der Waals surface area contributed by atoms with Gasteiger partial charge in [0.25, 0.3) is 0 Å². The first-order valence-corrected chi connectivity index (χ1v) is 8.29. The van der Waals surface area contributed by atoms with E-state index in [9.17, 15) is 5.11 Å². The fraction of sp³-hybridized carbons (Fsp3) is 0.667. The van der Waals surface area contributed by atoms with Crippen LogP contribution in [0.5, 0.6) is 11.5 Å². The summed E-state index contributed by atoms with van der Waals surface area (Å²) in [4.78, 5) is 0. The molecule has 2 N–H and O–H groups in total. The predicted octanol–water partition coefficient (Wildman–Crippen LogP) is 2.43. The second-order valence-corrected chi connectivity index (χ2v) is 7.02. The molecule has 1 aliphatic carbocycles. The van der Waals surface area contributed by atoms with E-state index in [2.05, 4.69) is 17.4 Å². The fourth-order valence-electron chi connectivity index (χ4n) is 3.80. The molecule has 128 valence electrons. The zero-order chi connectivity index (χ0) is 16.5. The number of hydrogen-bond acceptors (Lipinski definition) is 5. The van der Waals surface area contributed by atoms with Crippen molar-refractivity contribution in [2.45, 2.75) is 49.8 Å². The molecule has 1 saturated heterocycles. The normalized spacial score (nSPS) is 33.8. The molecule has 2 fully saturated rings. The highest BCUT2D eigenvalue weighted by molar-refractivity contribution is 5.44. The lowest BCUT2D eigenvalue weighted by atomic mass is 9.79. The third-order valence-electron chi connectivity index (χ3n) is 5.22. The summed E-state index contributed by atoms with van der Waals surface area (Å²) in [5.41, 5.74) is 0.723. The maximum Gasteiger partial charge on any atom is 0.160 e. The molecule has 0 bridgehead atoms. The van der Waals surface area contributed by atoms with Crippen molar-refractivity contribution in [2.75, 3.05) is 27.4 Å². The third-order valence-corrected chi connectivity index (χ3v) is 5.22. The van der Waals surface area contributed by atoms with Crippen LogP contribution in [0.25, 0.3) is 0 Å². The van der Waals surface area contributed by atoms with Gasteiger partial charge >= 0.3 is 0 Å². The zero-order valence-electron chi connectivity index (χ0n) is 14.2. The Bertz CT molecular complexity index is 554. The van der Waals surface area contributed by atoms with E-state index in [1.54, 1.807) is 14.2 Å². The first-order chi connectivity index (χ1) is 11.0. The summed E-state index contributed by atoms with van der Waals surface area (Å²) in [6.07, 6.45) is 4.04. The molecule has 3 rings (SSSR count). The Morgan fingerprint density at radius 3 is 2.48 bits per heavy atom. The molecule has 1 saturated carbocycles. The van der Waals surface area contributed by atoms with Crippen LogP contribution in [0, 0.1) is 0 Å². The Morgan fingerprint density at radius 2 is 1.91 bits per heavy atom. The zero-order valence-corrected chi connectivity index (χ0v) is 14.2. The average molecular weight is 321 g/mol. The molecule has 1 aromatic carbocycles. The van der Waals surface area contributed by atoms with Gasteiger partial charge in [-0.3, -0.25) is 5.32 Å². The fourth-order valence-corrected chi connectivity index (χ4v) is 3.80. The number of nitrogens with one attached hydrogen (secondary N) is 1. The van der Waals surface area contributed by atoms with Crippen molar-refractivity contribution in [3.05, 3.63) is 23.8 Å². The average Bonchev–Trinajstić information content (AvgIpc) is 2.92. The van der Waals surface area contributed by atoms with Crippen LogP contribution in [0.1, 0.15) is 44.1 Å². The van der Waals surface area contributed by atoms with Crippen molar-refractivity contribution in [1.29, 1.82) is 0 Å². The molecule has 23 heavy (non-hydrogen) atoms. The highest BCUT2D eigenvalue weighted by Gasteiger charge is 2.47. The standard InChI is InChI=1S/C18H27NO4/c1-17(11-20)12-23-18(19-17)8-6-13(7-9-18)14-4-5-15(21-2)16(10-14)22-3/h4-5,10,13,19-20H,6-9,11-12H2,1-3H3. The van der Waals surface area contributed by atoms with Gasteiger partial charge in [-0.1, -0.05) is 6.07 Å². The summed E-state index contributed by atoms with van der Waals surface area (Å²) in [6, 6.07) is 6.19. The number of aliphatic hydroxyl groups is 1. The van der Waals surface area contributed by atoms with Crippen molar-refractivity contribution in [3.8, 4) is 11.5 Å². The van der Waals surface area contributed by atoms with E-state index in [1.807, 2.05) is 13.0 Å². The first kappa shape index (κ1) is 16.6. The van der Waals surface area contributed by atoms with Crippen molar-refractivity contribution in [1.82, 2.24) is 5.32 Å². The number of benzene rings is 1. The van der Waals surface area contributed by atoms with Crippen molar-refractivity contribution >= 4 is 0 Å². The van der Waals surface area contributed by atoms with Gasteiger partial charge in [0, 0.05) is 0 Å². The first-order valence-electron chi connectivity index (χ1n) is 8.29. The molecular weight excluding hydrogens is 294 g/mol. The molecular formula is C18H27NO4. The Labute approximate surface area is 137 Å². The van der Waals surface area contributed by atoms with E-state index >= 15 is 0 Å². The van der Waals surface area contributed by atoms with E-state index in [1.165, 1.54) is 5.56 Å². The summed E-state index contributed by atoms with van der Waals surface area (Å²) < 4.78 is 16.8. The van der Waals surface area contributed by atoms with Crippen LogP contribution in [0.15, 0.2) is 18.2 Å². The van der Waals surface area contributed by atoms with Crippen LogP contribution < -0.4 is 14.8 Å². The largest absolute Gasteiger partial charge is 0.493 e. The maximum atomic E-state index is 9.51. The maximum absolute atomic E-state index is 9.51. The van der Waals surface area contributed by atoms with Crippen LogP contribution in [0.4, 0.5) is 0 Å². The Kier molecular flexibility index (Phi) is 4.54. The van der Waals surface area contributed by atoms with Gasteiger partial charge in [0.2, 0.25) is 0 Å². The van der Waals surface area contributed by atoms with Crippen molar-refractivity contribution in [2.24, 2.45) is 0 Å². The molecule has 5 heteroatoms. The van der Waals surface area contributed by atoms with Crippen LogP contribution >= 0.6 is 0 Å². The number of hydrogen-bond donors (Lipinski definition) is 2. The highest BCUT2D eigenvalue weighted by Crippen LogP contribution is 2.43. The lowest BCUT2D eigenvalue weighted by Gasteiger charge is -2.38. The summed E-state index contributed by atoms with van der Waals surface area (Å²) in [5.74, 6) is 2.06. The van der Waals surface area contributed by atoms with E-state index < -0.39 is 0 Å². The second-order valence-electron chi connectivity index (χ2n) is 7.02. The molecule has 5 nitrogen and oxygen atoms in total. The lowest BCUT2D eigenvalue weighted by Crippen LogP contribution is -2.53. The number of rotatable bonds is 4. The topological polar surface area (TPSA) is 60.0 Å². The number of methoxy groups -OCH3 is 2. The summed E-state index contributed by atoms with van der Waals surface area (Å²) in [7, 11) is 3.33. The minimum atomic E-state index is -0.309. The highest BCUT2D eigenvalue weighted by atomic mass is 16.5. The van der Waals surface area contributed by atoms with Gasteiger partial charge in [-0.15, -0.1) is 0 Å². The van der Waals surface area contributed by atoms with Crippen LogP contribution in [0.2, 0.25) is 0 Å². The van der Waals surface area contributed by atoms with Gasteiger partial charge in [0.05, 0.1) is 33.0 Å². The van der Waals surface area contributed by atoms with E-state index in [0.717, 1.165) is 37.2 Å². The van der Waals surface area contributed by atoms with E-state index in [-0.39, 0.29) is 17.9 Å². The molecule has 1 atom stereocenters. The smallest absolute Gasteiger partial charge is 0.160 e. The number of ether oxygens (including phenoxy) is 3. The van der Waals surface area contributed by atoms with Crippen molar-refractivity contribution in [3.63, 3.8) is 0 Å². The predicted molar refractivity (Wildman–Crippen MR) is 88.1 cm³/mol. The van der Waals surface area contributed by atoms with Crippen LogP contribution in [0.3, 0.4) is 0 Å². The minimum Gasteiger partial charge on any atom is -0.493 e. The summed E-state index contributed by atoms with van der Waals surface area (Å²) >= 11 is 0. The monoisotopic (exact) mass is 321 g/mol. The Hall–Kier alpha value is -1.30. The molecule has 1 heterocycles.